The second-order valence-corrected chi connectivity index (χ2v) is 6.79. The lowest BCUT2D eigenvalue weighted by molar-refractivity contribution is 0.0951. The summed E-state index contributed by atoms with van der Waals surface area (Å²) in [5, 5.41) is 2.84. The number of imidazole rings is 1. The topological polar surface area (TPSA) is 46.9 Å². The summed E-state index contributed by atoms with van der Waals surface area (Å²) in [5.41, 5.74) is 3.26. The molecule has 1 amide bonds. The maximum absolute atomic E-state index is 13.2. The first-order valence-corrected chi connectivity index (χ1v) is 8.62. The molecule has 0 bridgehead atoms. The van der Waals surface area contributed by atoms with Crippen LogP contribution in [0, 0.1) is 11.7 Å². The molecule has 1 N–H and O–H groups in total. The molecule has 25 heavy (non-hydrogen) atoms. The lowest BCUT2D eigenvalue weighted by Crippen LogP contribution is -2.22. The molecule has 0 aliphatic carbocycles. The number of aryl methyl sites for hydroxylation is 1. The van der Waals surface area contributed by atoms with E-state index >= 15 is 0 Å². The van der Waals surface area contributed by atoms with Crippen LogP contribution >= 0.6 is 0 Å². The Morgan fingerprint density at radius 2 is 2.20 bits per heavy atom. The highest BCUT2D eigenvalue weighted by Gasteiger charge is 2.19. The van der Waals surface area contributed by atoms with E-state index in [1.165, 1.54) is 12.1 Å². The number of amides is 1. The van der Waals surface area contributed by atoms with Gasteiger partial charge in [0, 0.05) is 25.1 Å². The molecule has 4 nitrogen and oxygen atoms in total. The smallest absolute Gasteiger partial charge is 0.251 e. The Kier molecular flexibility index (Phi) is 3.99. The Labute approximate surface area is 145 Å². The summed E-state index contributed by atoms with van der Waals surface area (Å²) < 4.78 is 15.5. The SMILES string of the molecule is C[C@@H]1CCn2c(nc3cc(C(=O)NCc4cccc(F)c4)ccc32)C1. The van der Waals surface area contributed by atoms with Gasteiger partial charge in [0.05, 0.1) is 11.0 Å². The second-order valence-electron chi connectivity index (χ2n) is 6.79. The summed E-state index contributed by atoms with van der Waals surface area (Å²) >= 11 is 0. The van der Waals surface area contributed by atoms with Crippen LogP contribution in [-0.2, 0) is 19.5 Å². The first-order chi connectivity index (χ1) is 12.1. The minimum atomic E-state index is -0.300. The van der Waals surface area contributed by atoms with E-state index in [1.54, 1.807) is 12.1 Å². The van der Waals surface area contributed by atoms with Crippen LogP contribution in [0.5, 0.6) is 0 Å². The van der Waals surface area contributed by atoms with E-state index in [0.717, 1.165) is 41.8 Å². The van der Waals surface area contributed by atoms with Crippen molar-refractivity contribution in [2.45, 2.75) is 32.9 Å². The van der Waals surface area contributed by atoms with E-state index in [0.29, 0.717) is 18.0 Å². The average Bonchev–Trinajstić information content (AvgIpc) is 2.96. The molecule has 5 heteroatoms. The van der Waals surface area contributed by atoms with Crippen molar-refractivity contribution in [1.29, 1.82) is 0 Å². The highest BCUT2D eigenvalue weighted by molar-refractivity contribution is 5.97. The largest absolute Gasteiger partial charge is 0.348 e. The standard InChI is InChI=1S/C20H20FN3O/c1-13-7-8-24-18-6-5-15(11-17(18)23-19(24)9-13)20(25)22-12-14-3-2-4-16(21)10-14/h2-6,10-11,13H,7-9,12H2,1H3,(H,22,25)/t13-/m1/s1. The average molecular weight is 337 g/mol. The monoisotopic (exact) mass is 337 g/mol. The summed E-state index contributed by atoms with van der Waals surface area (Å²) in [6.07, 6.45) is 2.14. The van der Waals surface area contributed by atoms with E-state index < -0.39 is 0 Å². The summed E-state index contributed by atoms with van der Waals surface area (Å²) in [6.45, 7) is 3.53. The molecule has 0 fully saturated rings. The predicted octanol–water partition coefficient (Wildman–Crippen LogP) is 3.69. The minimum absolute atomic E-state index is 0.175. The highest BCUT2D eigenvalue weighted by atomic mass is 19.1. The van der Waals surface area contributed by atoms with Crippen LogP contribution in [0.25, 0.3) is 11.0 Å². The van der Waals surface area contributed by atoms with Gasteiger partial charge in [-0.25, -0.2) is 9.37 Å². The molecule has 3 aromatic rings. The van der Waals surface area contributed by atoms with E-state index in [-0.39, 0.29) is 11.7 Å². The fraction of sp³-hybridized carbons (Fsp3) is 0.300. The molecule has 0 saturated carbocycles. The van der Waals surface area contributed by atoms with Gasteiger partial charge in [0.25, 0.3) is 5.91 Å². The second kappa shape index (κ2) is 6.31. The molecule has 2 heterocycles. The number of hydrogen-bond acceptors (Lipinski definition) is 2. The third-order valence-corrected chi connectivity index (χ3v) is 4.81. The number of nitrogens with zero attached hydrogens (tertiary/aromatic N) is 2. The number of halogens is 1. The van der Waals surface area contributed by atoms with Crippen molar-refractivity contribution in [3.8, 4) is 0 Å². The molecule has 128 valence electrons. The summed E-state index contributed by atoms with van der Waals surface area (Å²) in [5.74, 6) is 1.28. The van der Waals surface area contributed by atoms with Gasteiger partial charge < -0.3 is 9.88 Å². The molecular formula is C20H20FN3O. The van der Waals surface area contributed by atoms with E-state index in [9.17, 15) is 9.18 Å². The van der Waals surface area contributed by atoms with Crippen LogP contribution in [0.2, 0.25) is 0 Å². The maximum Gasteiger partial charge on any atom is 0.251 e. The van der Waals surface area contributed by atoms with Crippen molar-refractivity contribution in [1.82, 2.24) is 14.9 Å². The molecule has 1 aromatic heterocycles. The van der Waals surface area contributed by atoms with Crippen LogP contribution in [0.3, 0.4) is 0 Å². The molecule has 0 spiro atoms. The van der Waals surface area contributed by atoms with Crippen molar-refractivity contribution in [3.63, 3.8) is 0 Å². The molecular weight excluding hydrogens is 317 g/mol. The zero-order chi connectivity index (χ0) is 17.4. The van der Waals surface area contributed by atoms with Crippen LogP contribution < -0.4 is 5.32 Å². The van der Waals surface area contributed by atoms with Crippen molar-refractivity contribution < 1.29 is 9.18 Å². The number of rotatable bonds is 3. The highest BCUT2D eigenvalue weighted by Crippen LogP contribution is 2.25. The van der Waals surface area contributed by atoms with Crippen LogP contribution in [-0.4, -0.2) is 15.5 Å². The van der Waals surface area contributed by atoms with Gasteiger partial charge >= 0.3 is 0 Å². The Morgan fingerprint density at radius 3 is 3.04 bits per heavy atom. The maximum atomic E-state index is 13.2. The Hall–Kier alpha value is -2.69. The van der Waals surface area contributed by atoms with Crippen molar-refractivity contribution in [2.24, 2.45) is 5.92 Å². The molecule has 1 aliphatic heterocycles. The first kappa shape index (κ1) is 15.8. The number of aromatic nitrogens is 2. The van der Waals surface area contributed by atoms with Gasteiger partial charge in [0.1, 0.15) is 11.6 Å². The molecule has 1 atom stereocenters. The molecule has 0 radical (unpaired) electrons. The summed E-state index contributed by atoms with van der Waals surface area (Å²) in [4.78, 5) is 17.1. The van der Waals surface area contributed by atoms with Crippen molar-refractivity contribution >= 4 is 16.9 Å². The molecule has 0 unspecified atom stereocenters. The van der Waals surface area contributed by atoms with Crippen LogP contribution in [0.1, 0.15) is 35.1 Å². The fourth-order valence-corrected chi connectivity index (χ4v) is 3.42. The number of benzene rings is 2. The van der Waals surface area contributed by atoms with E-state index in [1.807, 2.05) is 18.2 Å². The summed E-state index contributed by atoms with van der Waals surface area (Å²) in [6, 6.07) is 11.9. The Morgan fingerprint density at radius 1 is 1.32 bits per heavy atom. The Balaban J connectivity index is 1.54. The predicted molar refractivity (Wildman–Crippen MR) is 94.8 cm³/mol. The fourth-order valence-electron chi connectivity index (χ4n) is 3.42. The number of hydrogen-bond donors (Lipinski definition) is 1. The van der Waals surface area contributed by atoms with Gasteiger partial charge in [-0.2, -0.15) is 0 Å². The molecule has 0 saturated heterocycles. The summed E-state index contributed by atoms with van der Waals surface area (Å²) in [7, 11) is 0. The van der Waals surface area contributed by atoms with Gasteiger partial charge in [0.2, 0.25) is 0 Å². The lowest BCUT2D eigenvalue weighted by Gasteiger charge is -2.19. The van der Waals surface area contributed by atoms with Crippen molar-refractivity contribution in [2.75, 3.05) is 0 Å². The zero-order valence-electron chi connectivity index (χ0n) is 14.1. The normalized spacial score (nSPS) is 16.6. The van der Waals surface area contributed by atoms with Crippen molar-refractivity contribution in [3.05, 3.63) is 65.2 Å². The minimum Gasteiger partial charge on any atom is -0.348 e. The van der Waals surface area contributed by atoms with Gasteiger partial charge in [0.15, 0.2) is 0 Å². The first-order valence-electron chi connectivity index (χ1n) is 8.62. The molecule has 1 aliphatic rings. The number of fused-ring (bicyclic) bond motifs is 3. The Bertz CT molecular complexity index is 947. The third-order valence-electron chi connectivity index (χ3n) is 4.81. The molecule has 2 aromatic carbocycles. The van der Waals surface area contributed by atoms with Crippen LogP contribution in [0.4, 0.5) is 4.39 Å². The van der Waals surface area contributed by atoms with Crippen LogP contribution in [0.15, 0.2) is 42.5 Å². The molecule has 4 rings (SSSR count). The lowest BCUT2D eigenvalue weighted by atomic mass is 10.0. The number of nitrogens with one attached hydrogen (secondary N) is 1. The zero-order valence-corrected chi connectivity index (χ0v) is 14.1. The third kappa shape index (κ3) is 3.14. The number of carbonyl (C=O) groups excluding carboxylic acids is 1. The number of carbonyl (C=O) groups is 1. The van der Waals surface area contributed by atoms with E-state index in [2.05, 4.69) is 16.8 Å². The van der Waals surface area contributed by atoms with E-state index in [4.69, 9.17) is 4.98 Å². The van der Waals surface area contributed by atoms with Gasteiger partial charge in [-0.1, -0.05) is 19.1 Å². The van der Waals surface area contributed by atoms with Gasteiger partial charge in [-0.15, -0.1) is 0 Å². The van der Waals surface area contributed by atoms with Gasteiger partial charge in [-0.3, -0.25) is 4.79 Å². The quantitative estimate of drug-likeness (QED) is 0.792. The van der Waals surface area contributed by atoms with Gasteiger partial charge in [-0.05, 0) is 48.2 Å².